The van der Waals surface area contributed by atoms with Crippen LogP contribution in [0.25, 0.3) is 56.0 Å². The standard InChI is InChI=1S/C41H31.C2H6Si.BrH.Hf/c1-26-23-40-34(32-17-7-13-28-11-3-5-15-30(28)32)19-9-21-36(40)38(26)25-39-27(2)24-41-35(20-10-22-37(39)41)33-18-8-14-29-12-4-6-16-31(29)33;1-3-2;;/h3-25,38-39H,1-2H3;1-2H3;1H;/q-1;;;+2/p-1. The van der Waals surface area contributed by atoms with Gasteiger partial charge in [-0.2, -0.15) is 0 Å². The maximum absolute atomic E-state index is 2.59. The second kappa shape index (κ2) is 13.9. The van der Waals surface area contributed by atoms with E-state index >= 15 is 0 Å². The van der Waals surface area contributed by atoms with Gasteiger partial charge in [-0.1, -0.05) is 156 Å². The molecule has 6 aromatic rings. The minimum absolute atomic E-state index is 0. The molecule has 2 aliphatic rings. The Balaban J connectivity index is 0.000000705. The molecule has 2 unspecified atom stereocenters. The third kappa shape index (κ3) is 6.15. The van der Waals surface area contributed by atoms with Gasteiger partial charge in [-0.05, 0) is 68.8 Å². The van der Waals surface area contributed by atoms with E-state index in [2.05, 4.69) is 167 Å². The number of allylic oxidation sites excluding steroid dienone is 2. The van der Waals surface area contributed by atoms with Gasteiger partial charge >= 0.3 is 41.6 Å². The van der Waals surface area contributed by atoms with E-state index in [0.29, 0.717) is 11.8 Å². The van der Waals surface area contributed by atoms with Crippen LogP contribution < -0.4 is 17.0 Å². The first kappa shape index (κ1) is 32.8. The molecule has 0 saturated carbocycles. The fourth-order valence-electron chi connectivity index (χ4n) is 7.25. The van der Waals surface area contributed by atoms with Crippen molar-refractivity contribution in [1.29, 1.82) is 0 Å². The number of hydrogen-bond donors (Lipinski definition) is 0. The summed E-state index contributed by atoms with van der Waals surface area (Å²) in [7, 11) is 0. The summed E-state index contributed by atoms with van der Waals surface area (Å²) in [5.74, 6) is 0.584. The average Bonchev–Trinajstić information content (AvgIpc) is 3.55. The molecule has 2 aliphatic carbocycles. The molecule has 0 N–H and O–H groups in total. The molecule has 224 valence electrons. The normalized spacial score (nSPS) is 16.1. The first-order valence-corrected chi connectivity index (χ1v) is 23.7. The van der Waals surface area contributed by atoms with Gasteiger partial charge in [0.15, 0.2) is 0 Å². The topological polar surface area (TPSA) is 0 Å². The average molecular weight is 840 g/mol. The number of halogens is 1. The van der Waals surface area contributed by atoms with Crippen molar-refractivity contribution in [2.75, 3.05) is 0 Å². The van der Waals surface area contributed by atoms with Gasteiger partial charge in [0, 0.05) is 0 Å². The molecule has 0 nitrogen and oxygen atoms in total. The summed E-state index contributed by atoms with van der Waals surface area (Å²) >= 11 is 1.45. The van der Waals surface area contributed by atoms with Crippen LogP contribution in [0.3, 0.4) is 0 Å². The molecule has 2 atom stereocenters. The van der Waals surface area contributed by atoms with Gasteiger partial charge < -0.3 is 23.4 Å². The summed E-state index contributed by atoms with van der Waals surface area (Å²) in [5, 5.41) is 5.20. The van der Waals surface area contributed by atoms with Crippen molar-refractivity contribution in [3.63, 3.8) is 0 Å². The van der Waals surface area contributed by atoms with E-state index in [1.165, 1.54) is 100 Å². The van der Waals surface area contributed by atoms with Crippen LogP contribution in [-0.4, -0.2) is 5.49 Å². The molecule has 0 saturated heterocycles. The van der Waals surface area contributed by atoms with Crippen molar-refractivity contribution in [1.82, 2.24) is 0 Å². The van der Waals surface area contributed by atoms with E-state index in [1.54, 1.807) is 0 Å². The van der Waals surface area contributed by atoms with Gasteiger partial charge in [0.05, 0.1) is 0 Å². The number of rotatable bonds is 4. The zero-order valence-corrected chi connectivity index (χ0v) is 33.0. The fraction of sp³-hybridized carbons (Fsp3) is 0.140. The second-order valence-corrected chi connectivity index (χ2v) is 25.4. The Morgan fingerprint density at radius 1 is 0.500 bits per heavy atom. The Hall–Kier alpha value is -3.11. The number of hydrogen-bond acceptors (Lipinski definition) is 0. The Labute approximate surface area is 299 Å². The molecule has 0 radical (unpaired) electrons. The van der Waals surface area contributed by atoms with Crippen LogP contribution in [0.5, 0.6) is 0 Å². The second-order valence-electron chi connectivity index (χ2n) is 12.6. The summed E-state index contributed by atoms with van der Waals surface area (Å²) in [5.41, 5.74) is 13.9. The first-order valence-electron chi connectivity index (χ1n) is 15.9. The summed E-state index contributed by atoms with van der Waals surface area (Å²) in [6.45, 7) is 9.26. The zero-order chi connectivity index (χ0) is 31.1. The predicted molar refractivity (Wildman–Crippen MR) is 193 cm³/mol. The monoisotopic (exact) mass is 840 g/mol. The van der Waals surface area contributed by atoms with Crippen molar-refractivity contribution >= 4 is 39.2 Å². The molecule has 3 heteroatoms. The molecule has 0 aliphatic heterocycles. The van der Waals surface area contributed by atoms with Crippen LogP contribution in [0, 0.1) is 6.42 Å². The first-order chi connectivity index (χ1) is 21.9. The summed E-state index contributed by atoms with van der Waals surface area (Å²) < 4.78 is 0. The number of fused-ring (bicyclic) bond motifs is 4. The Kier molecular flexibility index (Phi) is 9.94. The van der Waals surface area contributed by atoms with Crippen LogP contribution in [0.15, 0.2) is 132 Å². The molecule has 0 amide bonds. The molecule has 0 spiro atoms. The zero-order valence-electron chi connectivity index (χ0n) is 26.8. The van der Waals surface area contributed by atoms with E-state index in [4.69, 9.17) is 0 Å². The Morgan fingerprint density at radius 3 is 1.28 bits per heavy atom. The SMILES string of the molecule is CC1=Cc2c(-c3cccc4ccccc34)cccc2C1[CH-]C1C(C)=Cc2c(-c3cccc4ccccc34)cccc21.C[Si](C)=[Hf+2].[Br-]. The van der Waals surface area contributed by atoms with Crippen molar-refractivity contribution in [3.05, 3.63) is 161 Å². The van der Waals surface area contributed by atoms with Crippen molar-refractivity contribution in [3.8, 4) is 22.3 Å². The quantitative estimate of drug-likeness (QED) is 0.123. The molecule has 6 aromatic carbocycles. The molecule has 46 heavy (non-hydrogen) atoms. The van der Waals surface area contributed by atoms with Gasteiger partial charge in [-0.3, -0.25) is 0 Å². The Morgan fingerprint density at radius 2 is 0.848 bits per heavy atom. The van der Waals surface area contributed by atoms with E-state index < -0.39 is 0 Å². The van der Waals surface area contributed by atoms with Crippen molar-refractivity contribution in [2.24, 2.45) is 0 Å². The van der Waals surface area contributed by atoms with Crippen molar-refractivity contribution < 1.29 is 40.0 Å². The van der Waals surface area contributed by atoms with E-state index in [1.807, 2.05) is 0 Å². The van der Waals surface area contributed by atoms with Gasteiger partial charge in [0.25, 0.3) is 0 Å². The Bertz CT molecular complexity index is 2010. The smallest absolute Gasteiger partial charge is 1.00 e. The van der Waals surface area contributed by atoms with Gasteiger partial charge in [0.1, 0.15) is 0 Å². The van der Waals surface area contributed by atoms with Gasteiger partial charge in [0.2, 0.25) is 0 Å². The molecule has 0 fully saturated rings. The van der Waals surface area contributed by atoms with E-state index in [0.717, 1.165) is 0 Å². The minimum Gasteiger partial charge on any atom is -1.00 e. The summed E-state index contributed by atoms with van der Waals surface area (Å²) in [4.78, 5) is 0. The molecule has 0 heterocycles. The van der Waals surface area contributed by atoms with E-state index in [-0.39, 0.29) is 22.5 Å². The molecule has 0 bridgehead atoms. The van der Waals surface area contributed by atoms with Gasteiger partial charge in [-0.15, -0.1) is 11.8 Å². The third-order valence-corrected chi connectivity index (χ3v) is 9.22. The molecule has 8 rings (SSSR count). The maximum Gasteiger partial charge on any atom is -1.00 e. The third-order valence-electron chi connectivity index (χ3n) is 9.22. The van der Waals surface area contributed by atoms with Crippen LogP contribution >= 0.6 is 0 Å². The molecular formula is C43H37BrHfSi. The van der Waals surface area contributed by atoms with Crippen LogP contribution in [0.2, 0.25) is 13.1 Å². The fourth-order valence-corrected chi connectivity index (χ4v) is 7.25. The van der Waals surface area contributed by atoms with Crippen LogP contribution in [0.1, 0.15) is 47.9 Å². The van der Waals surface area contributed by atoms with Crippen LogP contribution in [0.4, 0.5) is 0 Å². The van der Waals surface area contributed by atoms with E-state index in [9.17, 15) is 0 Å². The summed E-state index contributed by atoms with van der Waals surface area (Å²) in [6, 6.07) is 44.5. The van der Waals surface area contributed by atoms with Crippen LogP contribution in [-0.2, 0) is 23.0 Å². The number of benzene rings is 6. The van der Waals surface area contributed by atoms with Crippen molar-refractivity contribution in [2.45, 2.75) is 38.8 Å². The molecule has 0 aromatic heterocycles. The minimum atomic E-state index is 0. The van der Waals surface area contributed by atoms with Gasteiger partial charge in [-0.25, -0.2) is 0 Å². The summed E-state index contributed by atoms with van der Waals surface area (Å²) in [6.07, 6.45) is 7.44. The maximum atomic E-state index is 2.59. The predicted octanol–water partition coefficient (Wildman–Crippen LogP) is 9.02. The molecular weight excluding hydrogens is 803 g/mol. The largest absolute Gasteiger partial charge is 1.00 e.